The van der Waals surface area contributed by atoms with E-state index in [4.69, 9.17) is 15.8 Å². The zero-order chi connectivity index (χ0) is 15.5. The summed E-state index contributed by atoms with van der Waals surface area (Å²) >= 11 is 0. The highest BCUT2D eigenvalue weighted by Gasteiger charge is 2.49. The summed E-state index contributed by atoms with van der Waals surface area (Å²) in [4.78, 5) is 13.7. The van der Waals surface area contributed by atoms with Crippen molar-refractivity contribution < 1.29 is 19.9 Å². The fourth-order valence-electron chi connectivity index (χ4n) is 3.31. The lowest BCUT2D eigenvalue weighted by Gasteiger charge is -2.45. The zero-order valence-electron chi connectivity index (χ0n) is 12.6. The molecule has 0 spiro atoms. The number of rotatable bonds is 6. The molecule has 1 saturated carbocycles. The molecule has 6 nitrogen and oxygen atoms in total. The van der Waals surface area contributed by atoms with E-state index < -0.39 is 18.6 Å². The standard InChI is InChI=1S/C13H27BN2O4/c1-9(16(2)3)11-5-4-10(6-7-14(19)20)8-13(11,15)12(17)18/h9-11,19-20H,4-8,15H2,1-3H3,(H,17,18)/t9-,10-,11?,13+/m0/s1. The van der Waals surface area contributed by atoms with Crippen LogP contribution in [0.3, 0.4) is 0 Å². The van der Waals surface area contributed by atoms with E-state index in [0.717, 1.165) is 12.8 Å². The number of nitrogens with two attached hydrogens (primary N) is 1. The summed E-state index contributed by atoms with van der Waals surface area (Å²) in [5, 5.41) is 27.4. The van der Waals surface area contributed by atoms with Crippen LogP contribution in [0.4, 0.5) is 0 Å². The first kappa shape index (κ1) is 17.4. The van der Waals surface area contributed by atoms with Crippen LogP contribution in [0, 0.1) is 11.8 Å². The zero-order valence-corrected chi connectivity index (χ0v) is 12.6. The van der Waals surface area contributed by atoms with Gasteiger partial charge < -0.3 is 25.8 Å². The highest BCUT2D eigenvalue weighted by atomic mass is 16.4. The molecule has 0 aromatic rings. The Kier molecular flexibility index (Phi) is 6.00. The Labute approximate surface area is 121 Å². The second-order valence-corrected chi connectivity index (χ2v) is 6.36. The molecule has 4 atom stereocenters. The van der Waals surface area contributed by atoms with Crippen molar-refractivity contribution in [3.63, 3.8) is 0 Å². The molecule has 20 heavy (non-hydrogen) atoms. The molecule has 5 N–H and O–H groups in total. The minimum absolute atomic E-state index is 0.0923. The Morgan fingerprint density at radius 1 is 1.45 bits per heavy atom. The summed E-state index contributed by atoms with van der Waals surface area (Å²) in [6, 6.07) is 0.0977. The van der Waals surface area contributed by atoms with E-state index in [1.54, 1.807) is 0 Å². The van der Waals surface area contributed by atoms with Crippen molar-refractivity contribution >= 4 is 13.1 Å². The van der Waals surface area contributed by atoms with Crippen molar-refractivity contribution in [1.29, 1.82) is 0 Å². The lowest BCUT2D eigenvalue weighted by atomic mass is 9.64. The summed E-state index contributed by atoms with van der Waals surface area (Å²) in [5.41, 5.74) is 5.00. The highest BCUT2D eigenvalue weighted by Crippen LogP contribution is 2.40. The van der Waals surface area contributed by atoms with Crippen LogP contribution in [0.1, 0.15) is 32.6 Å². The van der Waals surface area contributed by atoms with Gasteiger partial charge in [0.2, 0.25) is 0 Å². The first-order chi connectivity index (χ1) is 9.18. The number of nitrogens with zero attached hydrogens (tertiary/aromatic N) is 1. The van der Waals surface area contributed by atoms with Crippen LogP contribution in [0.5, 0.6) is 0 Å². The van der Waals surface area contributed by atoms with Crippen molar-refractivity contribution in [1.82, 2.24) is 4.90 Å². The molecule has 116 valence electrons. The van der Waals surface area contributed by atoms with Crippen molar-refractivity contribution in [2.75, 3.05) is 14.1 Å². The van der Waals surface area contributed by atoms with Gasteiger partial charge in [-0.15, -0.1) is 0 Å². The lowest BCUT2D eigenvalue weighted by Crippen LogP contribution is -2.62. The van der Waals surface area contributed by atoms with Gasteiger partial charge in [0.05, 0.1) is 0 Å². The molecule has 1 fully saturated rings. The van der Waals surface area contributed by atoms with Gasteiger partial charge >= 0.3 is 13.1 Å². The summed E-state index contributed by atoms with van der Waals surface area (Å²) in [6.45, 7) is 2.01. The molecule has 0 aliphatic heterocycles. The summed E-state index contributed by atoms with van der Waals surface area (Å²) in [5.74, 6) is -0.903. The van der Waals surface area contributed by atoms with Crippen LogP contribution < -0.4 is 5.73 Å². The molecule has 0 aromatic carbocycles. The molecule has 1 unspecified atom stereocenters. The first-order valence-corrected chi connectivity index (χ1v) is 7.23. The number of carboxylic acids is 1. The normalized spacial score (nSPS) is 32.1. The number of hydrogen-bond donors (Lipinski definition) is 4. The molecule has 7 heteroatoms. The quantitative estimate of drug-likeness (QED) is 0.512. The molecule has 0 aromatic heterocycles. The maximum absolute atomic E-state index is 11.7. The monoisotopic (exact) mass is 286 g/mol. The van der Waals surface area contributed by atoms with E-state index in [1.807, 2.05) is 25.9 Å². The van der Waals surface area contributed by atoms with Crippen LogP contribution >= 0.6 is 0 Å². The third kappa shape index (κ3) is 3.94. The van der Waals surface area contributed by atoms with Crippen LogP contribution in [0.15, 0.2) is 0 Å². The molecule has 1 aliphatic rings. The summed E-state index contributed by atoms with van der Waals surface area (Å²) < 4.78 is 0. The van der Waals surface area contributed by atoms with Gasteiger partial charge in [-0.25, -0.2) is 0 Å². The minimum Gasteiger partial charge on any atom is -0.480 e. The third-order valence-electron chi connectivity index (χ3n) is 4.80. The fraction of sp³-hybridized carbons (Fsp3) is 0.923. The van der Waals surface area contributed by atoms with Gasteiger partial charge in [-0.1, -0.05) is 6.42 Å². The SMILES string of the molecule is C[C@@H](C1CC[C@@H](CCB(O)O)C[C@]1(N)C(=O)O)N(C)C. The molecule has 1 rings (SSSR count). The van der Waals surface area contributed by atoms with Gasteiger partial charge in [0.25, 0.3) is 0 Å². The molecule has 0 radical (unpaired) electrons. The molecule has 1 aliphatic carbocycles. The van der Waals surface area contributed by atoms with Gasteiger partial charge in [0.15, 0.2) is 0 Å². The van der Waals surface area contributed by atoms with Crippen LogP contribution in [0.25, 0.3) is 0 Å². The van der Waals surface area contributed by atoms with Gasteiger partial charge in [0, 0.05) is 12.0 Å². The predicted octanol–water partition coefficient (Wildman–Crippen LogP) is -0.00220. The topological polar surface area (TPSA) is 107 Å². The lowest BCUT2D eigenvalue weighted by molar-refractivity contribution is -0.149. The largest absolute Gasteiger partial charge is 0.480 e. The van der Waals surface area contributed by atoms with Gasteiger partial charge in [-0.05, 0) is 52.5 Å². The predicted molar refractivity (Wildman–Crippen MR) is 78.1 cm³/mol. The molecular weight excluding hydrogens is 259 g/mol. The second-order valence-electron chi connectivity index (χ2n) is 6.36. The maximum Gasteiger partial charge on any atom is 0.451 e. The molecule has 0 saturated heterocycles. The fourth-order valence-corrected chi connectivity index (χ4v) is 3.31. The van der Waals surface area contributed by atoms with Crippen molar-refractivity contribution in [3.05, 3.63) is 0 Å². The van der Waals surface area contributed by atoms with Crippen molar-refractivity contribution in [2.45, 2.75) is 50.5 Å². The van der Waals surface area contributed by atoms with Gasteiger partial charge in [-0.2, -0.15) is 0 Å². The molecular formula is C13H27BN2O4. The number of hydrogen-bond acceptors (Lipinski definition) is 5. The van der Waals surface area contributed by atoms with Crippen LogP contribution in [-0.2, 0) is 4.79 Å². The van der Waals surface area contributed by atoms with Crippen molar-refractivity contribution in [3.8, 4) is 0 Å². The Balaban J connectivity index is 2.80. The smallest absolute Gasteiger partial charge is 0.451 e. The average Bonchev–Trinajstić information content (AvgIpc) is 2.35. The number of carbonyl (C=O) groups is 1. The Morgan fingerprint density at radius 3 is 2.50 bits per heavy atom. The Morgan fingerprint density at radius 2 is 2.05 bits per heavy atom. The van der Waals surface area contributed by atoms with Crippen LogP contribution in [0.2, 0.25) is 6.32 Å². The van der Waals surface area contributed by atoms with E-state index in [2.05, 4.69) is 0 Å². The molecule has 0 bridgehead atoms. The maximum atomic E-state index is 11.7. The minimum atomic E-state index is -1.33. The number of carboxylic acid groups (broad SMARTS) is 1. The van der Waals surface area contributed by atoms with Gasteiger partial charge in [0.1, 0.15) is 5.54 Å². The van der Waals surface area contributed by atoms with Crippen LogP contribution in [-0.4, -0.2) is 58.8 Å². The van der Waals surface area contributed by atoms with Gasteiger partial charge in [-0.3, -0.25) is 4.79 Å². The van der Waals surface area contributed by atoms with E-state index in [0.29, 0.717) is 12.8 Å². The highest BCUT2D eigenvalue weighted by molar-refractivity contribution is 6.40. The second kappa shape index (κ2) is 6.89. The summed E-state index contributed by atoms with van der Waals surface area (Å²) in [6.07, 6.45) is 2.93. The Hall–Kier alpha value is -0.625. The third-order valence-corrected chi connectivity index (χ3v) is 4.80. The number of aliphatic carboxylic acids is 1. The Bertz CT molecular complexity index is 340. The van der Waals surface area contributed by atoms with Crippen molar-refractivity contribution in [2.24, 2.45) is 17.6 Å². The molecule has 0 amide bonds. The van der Waals surface area contributed by atoms with E-state index in [-0.39, 0.29) is 24.2 Å². The molecule has 0 heterocycles. The van der Waals surface area contributed by atoms with E-state index in [1.165, 1.54) is 0 Å². The van der Waals surface area contributed by atoms with E-state index in [9.17, 15) is 9.90 Å². The summed E-state index contributed by atoms with van der Waals surface area (Å²) in [7, 11) is 2.54. The average molecular weight is 286 g/mol. The first-order valence-electron chi connectivity index (χ1n) is 7.23. The van der Waals surface area contributed by atoms with E-state index >= 15 is 0 Å².